The number of nitrogen functional groups attached to an aromatic ring is 1. The molecule has 322 valence electrons. The zero-order chi connectivity index (χ0) is 44.6. The molecule has 0 spiro atoms. The quantitative estimate of drug-likeness (QED) is 0.0569. The van der Waals surface area contributed by atoms with Crippen molar-refractivity contribution >= 4 is 52.9 Å². The van der Waals surface area contributed by atoms with Gasteiger partial charge in [-0.2, -0.15) is 10.5 Å². The van der Waals surface area contributed by atoms with E-state index in [0.717, 1.165) is 5.56 Å². The number of nitrogens with one attached hydrogen (secondary N) is 2. The number of aromatic nitrogens is 2. The summed E-state index contributed by atoms with van der Waals surface area (Å²) in [5.74, 6) is -1.80. The largest absolute Gasteiger partial charge is 0.490 e. The summed E-state index contributed by atoms with van der Waals surface area (Å²) in [6.07, 6.45) is 0.826. The van der Waals surface area contributed by atoms with Gasteiger partial charge in [-0.1, -0.05) is 63.2 Å². The Balaban J connectivity index is 1.55. The summed E-state index contributed by atoms with van der Waals surface area (Å²) in [5.41, 5.74) is 19.3. The van der Waals surface area contributed by atoms with Crippen LogP contribution in [0, 0.1) is 34.5 Å². The summed E-state index contributed by atoms with van der Waals surface area (Å²) < 4.78 is 22.9. The second kappa shape index (κ2) is 23.0. The maximum absolute atomic E-state index is 13.4. The van der Waals surface area contributed by atoms with Crippen LogP contribution < -0.4 is 32.6 Å². The van der Waals surface area contributed by atoms with Gasteiger partial charge in [0.05, 0.1) is 24.3 Å². The highest BCUT2D eigenvalue weighted by Gasteiger charge is 2.29. The Morgan fingerprint density at radius 1 is 0.820 bits per heavy atom. The van der Waals surface area contributed by atoms with Crippen LogP contribution in [0.3, 0.4) is 0 Å². The number of carbonyl (C=O) groups excluding carboxylic acids is 4. The molecule has 3 atom stereocenters. The van der Waals surface area contributed by atoms with Gasteiger partial charge in [-0.25, -0.2) is 19.6 Å². The minimum Gasteiger partial charge on any atom is -0.490 e. The van der Waals surface area contributed by atoms with Gasteiger partial charge in [0.15, 0.2) is 6.10 Å². The van der Waals surface area contributed by atoms with E-state index in [2.05, 4.69) is 32.7 Å². The zero-order valence-electron chi connectivity index (χ0n) is 34.1. The van der Waals surface area contributed by atoms with E-state index < -0.39 is 48.5 Å². The number of pyridine rings is 1. The fraction of sp³-hybridized carbons (Fsp3) is 0.381. The fourth-order valence-electron chi connectivity index (χ4n) is 5.85. The fourth-order valence-corrected chi connectivity index (χ4v) is 6.85. The molecule has 4 aromatic rings. The van der Waals surface area contributed by atoms with Gasteiger partial charge >= 0.3 is 11.9 Å². The number of oxazole rings is 1. The lowest BCUT2D eigenvalue weighted by Gasteiger charge is -2.25. The summed E-state index contributed by atoms with van der Waals surface area (Å²) >= 11 is 7.20. The third-order valence-electron chi connectivity index (χ3n) is 8.71. The van der Waals surface area contributed by atoms with Crippen LogP contribution >= 0.6 is 23.4 Å². The average molecular weight is 874 g/mol. The van der Waals surface area contributed by atoms with Crippen LogP contribution in [-0.4, -0.2) is 78.2 Å². The minimum absolute atomic E-state index is 0.00548. The monoisotopic (exact) mass is 873 g/mol. The van der Waals surface area contributed by atoms with Gasteiger partial charge in [0.25, 0.3) is 0 Å². The molecule has 0 radical (unpaired) electrons. The van der Waals surface area contributed by atoms with Gasteiger partial charge in [-0.15, -0.1) is 0 Å². The number of carbonyl (C=O) groups is 4. The molecule has 0 aliphatic heterocycles. The number of nitrogens with two attached hydrogens (primary N) is 3. The number of benzene rings is 2. The second-order valence-electron chi connectivity index (χ2n) is 14.5. The zero-order valence-corrected chi connectivity index (χ0v) is 35.7. The first-order valence-corrected chi connectivity index (χ1v) is 20.6. The Morgan fingerprint density at radius 3 is 1.95 bits per heavy atom. The van der Waals surface area contributed by atoms with E-state index in [9.17, 15) is 29.7 Å². The Labute approximate surface area is 362 Å². The van der Waals surface area contributed by atoms with Crippen molar-refractivity contribution in [3.63, 3.8) is 0 Å². The van der Waals surface area contributed by atoms with Crippen LogP contribution in [-0.2, 0) is 34.4 Å². The summed E-state index contributed by atoms with van der Waals surface area (Å²) in [4.78, 5) is 59.7. The Bertz CT molecular complexity index is 2240. The highest BCUT2D eigenvalue weighted by Crippen LogP contribution is 2.37. The highest BCUT2D eigenvalue weighted by molar-refractivity contribution is 7.98. The number of ether oxygens (including phenoxy) is 3. The number of rotatable bonds is 21. The first-order valence-electron chi connectivity index (χ1n) is 19.2. The highest BCUT2D eigenvalue weighted by atomic mass is 35.5. The normalized spacial score (nSPS) is 12.4. The summed E-state index contributed by atoms with van der Waals surface area (Å²) in [6.45, 7) is 6.02. The maximum atomic E-state index is 13.4. The molecule has 17 nitrogen and oxygen atoms in total. The number of hydrogen-bond donors (Lipinski definition) is 5. The number of anilines is 1. The Morgan fingerprint density at radius 2 is 1.39 bits per heavy atom. The summed E-state index contributed by atoms with van der Waals surface area (Å²) in [7, 11) is 0. The molecule has 2 heterocycles. The lowest BCUT2D eigenvalue weighted by atomic mass is 9.97. The number of esters is 2. The Hall–Kier alpha value is -6.18. The summed E-state index contributed by atoms with van der Waals surface area (Å²) in [6, 6.07) is 15.6. The number of halogens is 1. The van der Waals surface area contributed by atoms with E-state index in [1.165, 1.54) is 18.0 Å². The molecule has 1 unspecified atom stereocenters. The molecule has 2 aromatic carbocycles. The predicted molar refractivity (Wildman–Crippen MR) is 227 cm³/mol. The second-order valence-corrected chi connectivity index (χ2v) is 15.9. The first kappa shape index (κ1) is 47.5. The van der Waals surface area contributed by atoms with Crippen LogP contribution in [0.5, 0.6) is 5.75 Å². The molecule has 0 aliphatic carbocycles. The van der Waals surface area contributed by atoms with Crippen molar-refractivity contribution in [2.24, 2.45) is 23.3 Å². The van der Waals surface area contributed by atoms with Crippen molar-refractivity contribution in [2.75, 3.05) is 32.0 Å². The van der Waals surface area contributed by atoms with Gasteiger partial charge < -0.3 is 46.5 Å². The number of nitrogens with zero attached hydrogens (tertiary/aromatic N) is 4. The van der Waals surface area contributed by atoms with E-state index in [4.69, 9.17) is 47.4 Å². The molecule has 2 aromatic heterocycles. The standard InChI is InChI=1S/C42H48ClN9O8S/c1-23(2)13-33(50-35(53)17-46)41(55)59-21-30(60-42(56)34(14-24(3)4)51-36(54)18-47)20-57-29-11-7-25(8-12-29)37-31(15-44)38(48)52-40(32(37)16-45)61-22-28-19-58-39(49-28)26-5-9-27(43)10-6-26/h5-12,19,23-24,30,33-34H,13-14,17-18,20-22,46-47H2,1-4H3,(H2,48,52)(H,50,53)(H,51,54)/t30-,33-,34?/m0/s1. The Kier molecular flexibility index (Phi) is 17.9. The van der Waals surface area contributed by atoms with Gasteiger partial charge in [0, 0.05) is 21.9 Å². The van der Waals surface area contributed by atoms with Crippen LogP contribution in [0.4, 0.5) is 5.82 Å². The van der Waals surface area contributed by atoms with E-state index >= 15 is 0 Å². The average Bonchev–Trinajstić information content (AvgIpc) is 3.72. The molecule has 4 rings (SSSR count). The van der Waals surface area contributed by atoms with Crippen LogP contribution in [0.15, 0.2) is 64.2 Å². The van der Waals surface area contributed by atoms with E-state index in [1.54, 1.807) is 48.5 Å². The number of amides is 2. The first-order chi connectivity index (χ1) is 29.1. The molecular weight excluding hydrogens is 826 g/mol. The van der Waals surface area contributed by atoms with Gasteiger partial charge in [-0.05, 0) is 66.6 Å². The lowest BCUT2D eigenvalue weighted by Crippen LogP contribution is -2.48. The molecular formula is C42H48ClN9O8S. The predicted octanol–water partition coefficient (Wildman–Crippen LogP) is 4.49. The number of hydrogen-bond acceptors (Lipinski definition) is 16. The molecule has 0 saturated carbocycles. The molecule has 19 heteroatoms. The molecule has 0 saturated heterocycles. The third kappa shape index (κ3) is 13.9. The number of thioether (sulfide) groups is 1. The minimum atomic E-state index is -1.17. The SMILES string of the molecule is CC(C)CC(NC(=O)CN)C(=O)O[C@H](COC(=O)[C@H](CC(C)C)NC(=O)CN)COc1ccc(-c2c(C#N)c(N)nc(SCc3coc(-c4ccc(Cl)cc4)n3)c2C#N)cc1. The molecule has 0 bridgehead atoms. The molecule has 0 fully saturated rings. The van der Waals surface area contributed by atoms with E-state index in [1.807, 2.05) is 27.7 Å². The van der Waals surface area contributed by atoms with E-state index in [-0.39, 0.29) is 83.4 Å². The third-order valence-corrected chi connectivity index (χ3v) is 9.97. The molecule has 61 heavy (non-hydrogen) atoms. The van der Waals surface area contributed by atoms with Crippen molar-refractivity contribution in [3.8, 4) is 40.5 Å². The van der Waals surface area contributed by atoms with Gasteiger partial charge in [-0.3, -0.25) is 9.59 Å². The van der Waals surface area contributed by atoms with Crippen LogP contribution in [0.2, 0.25) is 5.02 Å². The smallest absolute Gasteiger partial charge is 0.329 e. The van der Waals surface area contributed by atoms with Crippen molar-refractivity contribution < 1.29 is 37.8 Å². The van der Waals surface area contributed by atoms with Crippen LogP contribution in [0.1, 0.15) is 57.4 Å². The summed E-state index contributed by atoms with van der Waals surface area (Å²) in [5, 5.41) is 26.4. The molecule has 2 amide bonds. The van der Waals surface area contributed by atoms with Gasteiger partial charge in [0.1, 0.15) is 65.9 Å². The molecule has 0 aliphatic rings. The topological polar surface area (TPSA) is 285 Å². The van der Waals surface area contributed by atoms with Crippen molar-refractivity contribution in [1.29, 1.82) is 10.5 Å². The van der Waals surface area contributed by atoms with Crippen molar-refractivity contribution in [1.82, 2.24) is 20.6 Å². The van der Waals surface area contributed by atoms with Gasteiger partial charge in [0.2, 0.25) is 17.7 Å². The lowest BCUT2D eigenvalue weighted by molar-refractivity contribution is -0.164. The van der Waals surface area contributed by atoms with Crippen LogP contribution in [0.25, 0.3) is 22.6 Å². The van der Waals surface area contributed by atoms with Crippen molar-refractivity contribution in [2.45, 2.75) is 69.5 Å². The number of nitriles is 2. The maximum Gasteiger partial charge on any atom is 0.329 e. The molecule has 8 N–H and O–H groups in total. The van der Waals surface area contributed by atoms with E-state index in [0.29, 0.717) is 22.2 Å². The van der Waals surface area contributed by atoms with Crippen molar-refractivity contribution in [3.05, 3.63) is 76.6 Å².